The van der Waals surface area contributed by atoms with Crippen LogP contribution in [0.25, 0.3) is 0 Å². The number of nitrogens with zero attached hydrogens (tertiary/aromatic N) is 2. The van der Waals surface area contributed by atoms with Crippen molar-refractivity contribution in [2.75, 3.05) is 6.54 Å². The van der Waals surface area contributed by atoms with Crippen molar-refractivity contribution >= 4 is 0 Å². The van der Waals surface area contributed by atoms with Gasteiger partial charge in [0.25, 0.3) is 0 Å². The predicted octanol–water partition coefficient (Wildman–Crippen LogP) is 0.614. The molecule has 1 rings (SSSR count). The van der Waals surface area contributed by atoms with E-state index in [1.54, 1.807) is 6.54 Å². The van der Waals surface area contributed by atoms with Crippen LogP contribution in [0.5, 0.6) is 0 Å². The molecule has 1 radical (unpaired) electrons. The van der Waals surface area contributed by atoms with Crippen molar-refractivity contribution in [3.05, 3.63) is 6.54 Å². The van der Waals surface area contributed by atoms with Gasteiger partial charge < -0.3 is 0 Å². The minimum absolute atomic E-state index is 0.833. The molecule has 0 aromatic rings. The van der Waals surface area contributed by atoms with Gasteiger partial charge >= 0.3 is 0 Å². The Balaban J connectivity index is 2.47. The highest BCUT2D eigenvalue weighted by Crippen LogP contribution is 1.92. The second-order valence-electron chi connectivity index (χ2n) is 0.622. The third kappa shape index (κ3) is 0.0444. The molecule has 1 aliphatic heterocycles. The van der Waals surface area contributed by atoms with Gasteiger partial charge in [-0.25, -0.2) is 0 Å². The molecule has 2 heteroatoms. The van der Waals surface area contributed by atoms with Gasteiger partial charge in [-0.05, 0) is 0 Å². The van der Waals surface area contributed by atoms with Crippen LogP contribution in [0.1, 0.15) is 0 Å². The molecule has 2 nitrogen and oxygen atoms in total. The summed E-state index contributed by atoms with van der Waals surface area (Å²) in [5.74, 6) is 0. The van der Waals surface area contributed by atoms with Gasteiger partial charge in [0, 0.05) is 0 Å². The van der Waals surface area contributed by atoms with Gasteiger partial charge in [-0.3, -0.25) is 0 Å². The summed E-state index contributed by atoms with van der Waals surface area (Å²) in [6.45, 7) is 2.60. The van der Waals surface area contributed by atoms with E-state index in [-0.39, 0.29) is 0 Å². The Morgan fingerprint density at radius 2 is 2.00 bits per heavy atom. The summed E-state index contributed by atoms with van der Waals surface area (Å²) in [7, 11) is 0. The minimum atomic E-state index is 0.833. The van der Waals surface area contributed by atoms with Crippen molar-refractivity contribution in [2.45, 2.75) is 0 Å². The first-order valence-electron chi connectivity index (χ1n) is 1.18. The third-order valence-electron chi connectivity index (χ3n) is 0.327. The van der Waals surface area contributed by atoms with Gasteiger partial charge in [0.2, 0.25) is 0 Å². The van der Waals surface area contributed by atoms with Gasteiger partial charge in [0.1, 0.15) is 6.54 Å². The lowest BCUT2D eigenvalue weighted by Crippen LogP contribution is -1.83. The van der Waals surface area contributed by atoms with Crippen molar-refractivity contribution in [3.8, 4) is 0 Å². The average Bonchev–Trinajstić information content (AvgIpc) is 0.722. The molecule has 0 N–H and O–H groups in total. The number of azo groups is 1. The largest absolute Gasteiger partial charge is 0.191 e. The van der Waals surface area contributed by atoms with Crippen LogP contribution in [-0.2, 0) is 0 Å². The lowest BCUT2D eigenvalue weighted by atomic mass is 10.6. The monoisotopic (exact) mass is 55.0 g/mol. The topological polar surface area (TPSA) is 24.7 Å². The zero-order valence-electron chi connectivity index (χ0n) is 2.18. The molecule has 0 unspecified atom stereocenters. The first-order valence-corrected chi connectivity index (χ1v) is 1.18. The van der Waals surface area contributed by atoms with E-state index in [1.807, 2.05) is 0 Å². The van der Waals surface area contributed by atoms with Crippen LogP contribution in [0.3, 0.4) is 0 Å². The maximum atomic E-state index is 3.49. The van der Waals surface area contributed by atoms with Crippen molar-refractivity contribution in [3.63, 3.8) is 0 Å². The first-order chi connectivity index (χ1) is 2.00. The van der Waals surface area contributed by atoms with Gasteiger partial charge in [-0.15, -0.1) is 0 Å². The fraction of sp³-hybridized carbons (Fsp3) is 0.500. The van der Waals surface area contributed by atoms with E-state index in [9.17, 15) is 0 Å². The highest BCUT2D eigenvalue weighted by Gasteiger charge is 1.85. The Hall–Kier alpha value is -0.400. The highest BCUT2D eigenvalue weighted by atomic mass is 15.2. The van der Waals surface area contributed by atoms with Crippen LogP contribution >= 0.6 is 0 Å². The van der Waals surface area contributed by atoms with E-state index < -0.39 is 0 Å². The summed E-state index contributed by atoms with van der Waals surface area (Å²) in [4.78, 5) is 0. The Morgan fingerprint density at radius 3 is 2.00 bits per heavy atom. The molecular formula is C2H3N2. The number of hydrogen-bond acceptors (Lipinski definition) is 2. The Labute approximate surface area is 24.5 Å². The quantitative estimate of drug-likeness (QED) is 0.388. The summed E-state index contributed by atoms with van der Waals surface area (Å²) >= 11 is 0. The van der Waals surface area contributed by atoms with Crippen LogP contribution in [0.15, 0.2) is 10.2 Å². The number of hydrogen-bond donors (Lipinski definition) is 0. The van der Waals surface area contributed by atoms with Crippen molar-refractivity contribution in [1.29, 1.82) is 0 Å². The Kier molecular flexibility index (Phi) is 0.241. The normalized spacial score (nSPS) is 20.0. The van der Waals surface area contributed by atoms with Gasteiger partial charge in [0.05, 0.1) is 6.54 Å². The third-order valence-corrected chi connectivity index (χ3v) is 0.327. The molecule has 0 saturated heterocycles. The maximum Gasteiger partial charge on any atom is 0.118 e. The summed E-state index contributed by atoms with van der Waals surface area (Å²) < 4.78 is 0. The molecule has 1 heterocycles. The van der Waals surface area contributed by atoms with Crippen molar-refractivity contribution in [1.82, 2.24) is 0 Å². The molecule has 0 bridgehead atoms. The van der Waals surface area contributed by atoms with Crippen molar-refractivity contribution < 1.29 is 0 Å². The van der Waals surface area contributed by atoms with Crippen LogP contribution in [0.2, 0.25) is 0 Å². The molecule has 0 aromatic carbocycles. The van der Waals surface area contributed by atoms with Crippen LogP contribution < -0.4 is 0 Å². The van der Waals surface area contributed by atoms with Crippen LogP contribution in [0.4, 0.5) is 0 Å². The summed E-state index contributed by atoms with van der Waals surface area (Å²) in [6, 6.07) is 0. The van der Waals surface area contributed by atoms with Gasteiger partial charge in [-0.2, -0.15) is 10.2 Å². The number of rotatable bonds is 0. The smallest absolute Gasteiger partial charge is 0.118 e. The summed E-state index contributed by atoms with van der Waals surface area (Å²) in [5, 5.41) is 6.90. The van der Waals surface area contributed by atoms with E-state index in [4.69, 9.17) is 0 Å². The zero-order chi connectivity index (χ0) is 2.83. The van der Waals surface area contributed by atoms with Crippen LogP contribution in [0, 0.1) is 6.54 Å². The molecule has 0 aliphatic carbocycles. The van der Waals surface area contributed by atoms with E-state index in [0.717, 1.165) is 6.54 Å². The fourth-order valence-corrected chi connectivity index (χ4v) is 0.0816. The maximum absolute atomic E-state index is 3.49. The van der Waals surface area contributed by atoms with E-state index in [0.29, 0.717) is 0 Å². The standard InChI is InChI=1S/C2H3N2/c1-2-4-3-1/h1H,2H2. The molecule has 1 aliphatic rings. The first kappa shape index (κ1) is 1.88. The van der Waals surface area contributed by atoms with Gasteiger partial charge in [-0.1, -0.05) is 0 Å². The van der Waals surface area contributed by atoms with E-state index >= 15 is 0 Å². The Morgan fingerprint density at radius 1 is 1.75 bits per heavy atom. The summed E-state index contributed by atoms with van der Waals surface area (Å²) in [6.07, 6.45) is 0. The molecule has 0 spiro atoms. The van der Waals surface area contributed by atoms with Crippen LogP contribution in [-0.4, -0.2) is 6.54 Å². The predicted molar refractivity (Wildman–Crippen MR) is 14.0 cm³/mol. The molecular weight excluding hydrogens is 52.0 g/mol. The molecule has 0 amide bonds. The average molecular weight is 55.1 g/mol. The van der Waals surface area contributed by atoms with Crippen molar-refractivity contribution in [2.24, 2.45) is 10.2 Å². The second kappa shape index (κ2) is 0.514. The van der Waals surface area contributed by atoms with Gasteiger partial charge in [0.15, 0.2) is 0 Å². The fourth-order valence-electron chi connectivity index (χ4n) is 0.0816. The second-order valence-corrected chi connectivity index (χ2v) is 0.622. The SMILES string of the molecule is [CH]1CN=N1. The molecule has 0 saturated carbocycles. The lowest BCUT2D eigenvalue weighted by Gasteiger charge is -1.90. The minimum Gasteiger partial charge on any atom is -0.191 e. The summed E-state index contributed by atoms with van der Waals surface area (Å²) in [5.41, 5.74) is 0. The Bertz CT molecular complexity index is 33.3. The lowest BCUT2D eigenvalue weighted by molar-refractivity contribution is 0.841. The molecule has 21 valence electrons. The highest BCUT2D eigenvalue weighted by molar-refractivity contribution is 4.67. The molecule has 0 fully saturated rings. The van der Waals surface area contributed by atoms with E-state index in [1.165, 1.54) is 0 Å². The van der Waals surface area contributed by atoms with E-state index in [2.05, 4.69) is 10.2 Å². The molecule has 0 atom stereocenters. The molecule has 4 heavy (non-hydrogen) atoms. The zero-order valence-corrected chi connectivity index (χ0v) is 2.18. The molecule has 0 aromatic heterocycles.